The molecule has 0 aliphatic rings. The van der Waals surface area contributed by atoms with Gasteiger partial charge in [-0.2, -0.15) is 0 Å². The van der Waals surface area contributed by atoms with Gasteiger partial charge in [-0.05, 0) is 37.1 Å². The van der Waals surface area contributed by atoms with Gasteiger partial charge in [0, 0.05) is 29.9 Å². The molecule has 0 fully saturated rings. The smallest absolute Gasteiger partial charge is 0.193 e. The molecule has 2 aromatic carbocycles. The second-order valence-electron chi connectivity index (χ2n) is 5.23. The summed E-state index contributed by atoms with van der Waals surface area (Å²) in [6.45, 7) is 6.49. The molecular weight excluding hydrogens is 258 g/mol. The summed E-state index contributed by atoms with van der Waals surface area (Å²) in [7, 11) is 0. The molecule has 0 unspecified atom stereocenters. The largest absolute Gasteiger partial charge is 0.372 e. The van der Waals surface area contributed by atoms with Crippen LogP contribution in [0.15, 0.2) is 54.6 Å². The highest BCUT2D eigenvalue weighted by Gasteiger charge is 2.10. The Balaban J connectivity index is 2.16. The van der Waals surface area contributed by atoms with Crippen molar-refractivity contribution in [3.8, 4) is 0 Å². The third kappa shape index (κ3) is 3.94. The second kappa shape index (κ2) is 7.63. The summed E-state index contributed by atoms with van der Waals surface area (Å²) >= 11 is 0. The van der Waals surface area contributed by atoms with Gasteiger partial charge in [-0.1, -0.05) is 44.2 Å². The molecule has 0 bridgehead atoms. The Kier molecular flexibility index (Phi) is 5.56. The summed E-state index contributed by atoms with van der Waals surface area (Å²) in [6, 6.07) is 17.4. The standard InChI is InChI=1S/C19H23NO/c1-3-14-20(15-4-2)18-12-10-17(11-13-18)19(21)16-8-6-5-7-9-16/h5-13H,3-4,14-15H2,1-2H3. The zero-order valence-electron chi connectivity index (χ0n) is 12.9. The van der Waals surface area contributed by atoms with Crippen LogP contribution in [0.4, 0.5) is 5.69 Å². The molecule has 21 heavy (non-hydrogen) atoms. The predicted octanol–water partition coefficient (Wildman–Crippen LogP) is 4.54. The van der Waals surface area contributed by atoms with Gasteiger partial charge in [-0.25, -0.2) is 0 Å². The molecule has 0 spiro atoms. The van der Waals surface area contributed by atoms with Crippen molar-refractivity contribution in [3.63, 3.8) is 0 Å². The van der Waals surface area contributed by atoms with Crippen molar-refractivity contribution in [1.29, 1.82) is 0 Å². The van der Waals surface area contributed by atoms with Crippen LogP contribution in [0.3, 0.4) is 0 Å². The van der Waals surface area contributed by atoms with E-state index in [-0.39, 0.29) is 5.78 Å². The maximum Gasteiger partial charge on any atom is 0.193 e. The molecular formula is C19H23NO. The van der Waals surface area contributed by atoms with E-state index in [2.05, 4.69) is 30.9 Å². The van der Waals surface area contributed by atoms with Crippen LogP contribution >= 0.6 is 0 Å². The maximum atomic E-state index is 12.4. The molecule has 0 heterocycles. The van der Waals surface area contributed by atoms with Crippen molar-refractivity contribution in [2.24, 2.45) is 0 Å². The third-order valence-electron chi connectivity index (χ3n) is 3.52. The highest BCUT2D eigenvalue weighted by Crippen LogP contribution is 2.18. The van der Waals surface area contributed by atoms with Crippen LogP contribution in [0.5, 0.6) is 0 Å². The molecule has 0 aliphatic heterocycles. The van der Waals surface area contributed by atoms with E-state index in [1.807, 2.05) is 42.5 Å². The van der Waals surface area contributed by atoms with E-state index < -0.39 is 0 Å². The average molecular weight is 281 g/mol. The highest BCUT2D eigenvalue weighted by atomic mass is 16.1. The second-order valence-corrected chi connectivity index (χ2v) is 5.23. The van der Waals surface area contributed by atoms with Crippen LogP contribution in [0, 0.1) is 0 Å². The van der Waals surface area contributed by atoms with Crippen LogP contribution in [-0.4, -0.2) is 18.9 Å². The minimum absolute atomic E-state index is 0.0830. The Bertz CT molecular complexity index is 554. The molecule has 2 aromatic rings. The van der Waals surface area contributed by atoms with Gasteiger partial charge in [-0.15, -0.1) is 0 Å². The van der Waals surface area contributed by atoms with Gasteiger partial charge >= 0.3 is 0 Å². The number of nitrogens with zero attached hydrogens (tertiary/aromatic N) is 1. The average Bonchev–Trinajstić information content (AvgIpc) is 2.55. The lowest BCUT2D eigenvalue weighted by molar-refractivity contribution is 0.103. The van der Waals surface area contributed by atoms with Crippen molar-refractivity contribution in [2.75, 3.05) is 18.0 Å². The lowest BCUT2D eigenvalue weighted by atomic mass is 10.0. The van der Waals surface area contributed by atoms with Gasteiger partial charge in [0.05, 0.1) is 0 Å². The van der Waals surface area contributed by atoms with Gasteiger partial charge in [0.2, 0.25) is 0 Å². The number of hydrogen-bond acceptors (Lipinski definition) is 2. The lowest BCUT2D eigenvalue weighted by Gasteiger charge is -2.23. The summed E-state index contributed by atoms with van der Waals surface area (Å²) in [5.74, 6) is 0.0830. The Labute approximate surface area is 127 Å². The zero-order chi connectivity index (χ0) is 15.1. The lowest BCUT2D eigenvalue weighted by Crippen LogP contribution is -2.24. The summed E-state index contributed by atoms with van der Waals surface area (Å²) in [6.07, 6.45) is 2.26. The Morgan fingerprint density at radius 1 is 0.810 bits per heavy atom. The fraction of sp³-hybridized carbons (Fsp3) is 0.316. The highest BCUT2D eigenvalue weighted by molar-refractivity contribution is 6.09. The van der Waals surface area contributed by atoms with E-state index in [4.69, 9.17) is 0 Å². The SMILES string of the molecule is CCCN(CCC)c1ccc(C(=O)c2ccccc2)cc1. The van der Waals surface area contributed by atoms with Crippen molar-refractivity contribution in [2.45, 2.75) is 26.7 Å². The van der Waals surface area contributed by atoms with Gasteiger partial charge in [0.1, 0.15) is 0 Å². The molecule has 0 saturated heterocycles. The van der Waals surface area contributed by atoms with Crippen molar-refractivity contribution in [3.05, 3.63) is 65.7 Å². The first kappa shape index (κ1) is 15.3. The first-order valence-electron chi connectivity index (χ1n) is 7.71. The van der Waals surface area contributed by atoms with Crippen LogP contribution in [0.2, 0.25) is 0 Å². The van der Waals surface area contributed by atoms with Gasteiger partial charge < -0.3 is 4.90 Å². The van der Waals surface area contributed by atoms with Crippen LogP contribution in [0.25, 0.3) is 0 Å². The predicted molar refractivity (Wildman–Crippen MR) is 89.1 cm³/mol. The van der Waals surface area contributed by atoms with Crippen molar-refractivity contribution >= 4 is 11.5 Å². The normalized spacial score (nSPS) is 10.4. The number of ketones is 1. The first-order valence-corrected chi connectivity index (χ1v) is 7.71. The quantitative estimate of drug-likeness (QED) is 0.694. The monoisotopic (exact) mass is 281 g/mol. The van der Waals surface area contributed by atoms with Crippen LogP contribution in [-0.2, 0) is 0 Å². The van der Waals surface area contributed by atoms with Gasteiger partial charge in [0.15, 0.2) is 5.78 Å². The molecule has 2 rings (SSSR count). The molecule has 0 N–H and O–H groups in total. The number of rotatable bonds is 7. The van der Waals surface area contributed by atoms with Crippen molar-refractivity contribution in [1.82, 2.24) is 0 Å². The molecule has 0 amide bonds. The Hall–Kier alpha value is -2.09. The number of hydrogen-bond donors (Lipinski definition) is 0. The summed E-state index contributed by atoms with van der Waals surface area (Å²) in [5.41, 5.74) is 2.69. The molecule has 110 valence electrons. The number of carbonyl (C=O) groups excluding carboxylic acids is 1. The topological polar surface area (TPSA) is 20.3 Å². The Morgan fingerprint density at radius 2 is 1.33 bits per heavy atom. The molecule has 0 aliphatic carbocycles. The maximum absolute atomic E-state index is 12.4. The molecule has 0 radical (unpaired) electrons. The van der Waals surface area contributed by atoms with Gasteiger partial charge in [0.25, 0.3) is 0 Å². The number of carbonyl (C=O) groups is 1. The molecule has 0 saturated carbocycles. The van der Waals surface area contributed by atoms with Crippen LogP contribution < -0.4 is 4.90 Å². The van der Waals surface area contributed by atoms with Crippen molar-refractivity contribution < 1.29 is 4.79 Å². The Morgan fingerprint density at radius 3 is 1.86 bits per heavy atom. The van der Waals surface area contributed by atoms with E-state index in [1.165, 1.54) is 5.69 Å². The molecule has 0 aromatic heterocycles. The van der Waals surface area contributed by atoms with Crippen LogP contribution in [0.1, 0.15) is 42.6 Å². The van der Waals surface area contributed by atoms with E-state index in [9.17, 15) is 4.79 Å². The van der Waals surface area contributed by atoms with E-state index in [0.717, 1.165) is 37.1 Å². The van der Waals surface area contributed by atoms with E-state index in [1.54, 1.807) is 0 Å². The first-order chi connectivity index (χ1) is 10.3. The van der Waals surface area contributed by atoms with Gasteiger partial charge in [-0.3, -0.25) is 4.79 Å². The fourth-order valence-electron chi connectivity index (χ4n) is 2.49. The number of benzene rings is 2. The zero-order valence-corrected chi connectivity index (χ0v) is 12.9. The number of anilines is 1. The molecule has 0 atom stereocenters. The summed E-state index contributed by atoms with van der Waals surface area (Å²) in [4.78, 5) is 14.7. The fourth-order valence-corrected chi connectivity index (χ4v) is 2.49. The summed E-state index contributed by atoms with van der Waals surface area (Å²) in [5, 5.41) is 0. The third-order valence-corrected chi connectivity index (χ3v) is 3.52. The summed E-state index contributed by atoms with van der Waals surface area (Å²) < 4.78 is 0. The molecule has 2 nitrogen and oxygen atoms in total. The minimum atomic E-state index is 0.0830. The molecule has 2 heteroatoms. The van der Waals surface area contributed by atoms with E-state index in [0.29, 0.717) is 0 Å². The van der Waals surface area contributed by atoms with E-state index >= 15 is 0 Å². The minimum Gasteiger partial charge on any atom is -0.372 e.